The normalized spacial score (nSPS) is 11.0. The molecule has 9 nitrogen and oxygen atoms in total. The summed E-state index contributed by atoms with van der Waals surface area (Å²) in [5.74, 6) is 0.164. The van der Waals surface area contributed by atoms with E-state index < -0.39 is 5.97 Å². The first-order chi connectivity index (χ1) is 15.0. The van der Waals surface area contributed by atoms with Crippen molar-refractivity contribution in [3.8, 4) is 34.8 Å². The van der Waals surface area contributed by atoms with E-state index in [1.54, 1.807) is 30.6 Å². The van der Waals surface area contributed by atoms with Gasteiger partial charge < -0.3 is 19.4 Å². The van der Waals surface area contributed by atoms with Crippen LogP contribution in [0.25, 0.3) is 33.9 Å². The van der Waals surface area contributed by atoms with Crippen molar-refractivity contribution in [1.82, 2.24) is 20.1 Å². The summed E-state index contributed by atoms with van der Waals surface area (Å²) in [6, 6.07) is 9.09. The summed E-state index contributed by atoms with van der Waals surface area (Å²) in [7, 11) is 0. The van der Waals surface area contributed by atoms with Crippen molar-refractivity contribution in [2.75, 3.05) is 0 Å². The SMILES string of the molecule is CC(C)Oc1ccc(-c2nc(-c3ncc(CCC(=O)O)c4cc[nH]c34)no2)cc1C#N. The topological polar surface area (TPSA) is 138 Å². The maximum absolute atomic E-state index is 10.9. The Bertz CT molecular complexity index is 1300. The van der Waals surface area contributed by atoms with Crippen molar-refractivity contribution in [2.24, 2.45) is 0 Å². The summed E-state index contributed by atoms with van der Waals surface area (Å²) in [5, 5.41) is 23.3. The molecule has 0 spiro atoms. The molecule has 0 saturated heterocycles. The van der Waals surface area contributed by atoms with E-state index in [0.717, 1.165) is 10.9 Å². The molecular formula is C22H19N5O4. The number of rotatable bonds is 7. The molecule has 0 unspecified atom stereocenters. The van der Waals surface area contributed by atoms with Gasteiger partial charge in [-0.1, -0.05) is 5.16 Å². The highest BCUT2D eigenvalue weighted by atomic mass is 16.5. The number of pyridine rings is 1. The number of nitrogens with one attached hydrogen (secondary N) is 1. The molecule has 0 radical (unpaired) electrons. The van der Waals surface area contributed by atoms with Crippen LogP contribution in [0.2, 0.25) is 0 Å². The zero-order valence-corrected chi connectivity index (χ0v) is 16.9. The van der Waals surface area contributed by atoms with E-state index in [1.807, 2.05) is 19.9 Å². The third kappa shape index (κ3) is 4.09. The van der Waals surface area contributed by atoms with E-state index in [2.05, 4.69) is 26.2 Å². The monoisotopic (exact) mass is 417 g/mol. The smallest absolute Gasteiger partial charge is 0.303 e. The molecule has 0 bridgehead atoms. The summed E-state index contributed by atoms with van der Waals surface area (Å²) >= 11 is 0. The number of nitrogens with zero attached hydrogens (tertiary/aromatic N) is 4. The highest BCUT2D eigenvalue weighted by Crippen LogP contribution is 2.30. The van der Waals surface area contributed by atoms with Crippen molar-refractivity contribution in [3.05, 3.63) is 47.8 Å². The van der Waals surface area contributed by atoms with Crippen LogP contribution in [0.3, 0.4) is 0 Å². The largest absolute Gasteiger partial charge is 0.490 e. The number of carboxylic acids is 1. The van der Waals surface area contributed by atoms with Gasteiger partial charge >= 0.3 is 5.97 Å². The molecular weight excluding hydrogens is 398 g/mol. The summed E-state index contributed by atoms with van der Waals surface area (Å²) < 4.78 is 11.1. The van der Waals surface area contributed by atoms with Crippen molar-refractivity contribution < 1.29 is 19.2 Å². The van der Waals surface area contributed by atoms with Crippen molar-refractivity contribution in [3.63, 3.8) is 0 Å². The van der Waals surface area contributed by atoms with Crippen LogP contribution in [0.15, 0.2) is 41.2 Å². The Morgan fingerprint density at radius 3 is 2.94 bits per heavy atom. The first-order valence-electron chi connectivity index (χ1n) is 9.68. The zero-order chi connectivity index (χ0) is 22.0. The first kappa shape index (κ1) is 20.1. The summed E-state index contributed by atoms with van der Waals surface area (Å²) in [6.07, 6.45) is 3.73. The average Bonchev–Trinajstić information content (AvgIpc) is 3.42. The highest BCUT2D eigenvalue weighted by Gasteiger charge is 2.18. The van der Waals surface area contributed by atoms with Gasteiger partial charge in [0.2, 0.25) is 5.82 Å². The number of hydrogen-bond donors (Lipinski definition) is 2. The lowest BCUT2D eigenvalue weighted by Crippen LogP contribution is -2.06. The molecule has 9 heteroatoms. The van der Waals surface area contributed by atoms with Gasteiger partial charge in [-0.3, -0.25) is 9.78 Å². The molecule has 0 aliphatic heterocycles. The molecule has 3 aromatic heterocycles. The molecule has 4 aromatic rings. The molecule has 0 amide bonds. The molecule has 2 N–H and O–H groups in total. The van der Waals surface area contributed by atoms with Crippen LogP contribution in [-0.2, 0) is 11.2 Å². The van der Waals surface area contributed by atoms with Crippen LogP contribution in [0.4, 0.5) is 0 Å². The summed E-state index contributed by atoms with van der Waals surface area (Å²) in [4.78, 5) is 22.9. The average molecular weight is 417 g/mol. The minimum Gasteiger partial charge on any atom is -0.490 e. The van der Waals surface area contributed by atoms with Crippen LogP contribution in [0.1, 0.15) is 31.4 Å². The lowest BCUT2D eigenvalue weighted by molar-refractivity contribution is -0.136. The van der Waals surface area contributed by atoms with Gasteiger partial charge in [0.25, 0.3) is 5.89 Å². The second-order valence-corrected chi connectivity index (χ2v) is 7.20. The Balaban J connectivity index is 1.68. The number of aromatic nitrogens is 4. The number of aliphatic carboxylic acids is 1. The number of benzene rings is 1. The van der Waals surface area contributed by atoms with Gasteiger partial charge in [-0.25, -0.2) is 0 Å². The third-order valence-electron chi connectivity index (χ3n) is 4.63. The number of H-pyrrole nitrogens is 1. The minimum absolute atomic E-state index is 0.0193. The van der Waals surface area contributed by atoms with Gasteiger partial charge in [0, 0.05) is 29.8 Å². The molecule has 3 heterocycles. The van der Waals surface area contributed by atoms with Crippen LogP contribution < -0.4 is 4.74 Å². The Labute approximate surface area is 177 Å². The predicted molar refractivity (Wildman–Crippen MR) is 111 cm³/mol. The summed E-state index contributed by atoms with van der Waals surface area (Å²) in [6.45, 7) is 3.78. The fourth-order valence-electron chi connectivity index (χ4n) is 3.26. The van der Waals surface area contributed by atoms with Crippen LogP contribution in [0.5, 0.6) is 5.75 Å². The Morgan fingerprint density at radius 1 is 1.35 bits per heavy atom. The maximum Gasteiger partial charge on any atom is 0.303 e. The molecule has 156 valence electrons. The second kappa shape index (κ2) is 8.28. The number of aromatic amines is 1. The minimum atomic E-state index is -0.864. The van der Waals surface area contributed by atoms with Gasteiger partial charge in [0.1, 0.15) is 17.5 Å². The van der Waals surface area contributed by atoms with Gasteiger partial charge in [-0.2, -0.15) is 10.2 Å². The maximum atomic E-state index is 10.9. The van der Waals surface area contributed by atoms with E-state index in [1.165, 1.54) is 0 Å². The van der Waals surface area contributed by atoms with Crippen molar-refractivity contribution in [1.29, 1.82) is 5.26 Å². The number of hydrogen-bond acceptors (Lipinski definition) is 7. The van der Waals surface area contributed by atoms with Crippen molar-refractivity contribution >= 4 is 16.9 Å². The molecule has 0 fully saturated rings. The number of fused-ring (bicyclic) bond motifs is 1. The molecule has 31 heavy (non-hydrogen) atoms. The van der Waals surface area contributed by atoms with Crippen LogP contribution in [0, 0.1) is 11.3 Å². The predicted octanol–water partition coefficient (Wildman–Crippen LogP) is 3.96. The van der Waals surface area contributed by atoms with Gasteiger partial charge in [0.15, 0.2) is 0 Å². The van der Waals surface area contributed by atoms with Gasteiger partial charge in [-0.15, -0.1) is 0 Å². The van der Waals surface area contributed by atoms with E-state index in [4.69, 9.17) is 14.4 Å². The second-order valence-electron chi connectivity index (χ2n) is 7.20. The Hall–Kier alpha value is -4.19. The Kier molecular flexibility index (Phi) is 5.37. The molecule has 4 rings (SSSR count). The number of ether oxygens (including phenoxy) is 1. The molecule has 1 aromatic carbocycles. The van der Waals surface area contributed by atoms with E-state index in [0.29, 0.717) is 34.5 Å². The fourth-order valence-corrected chi connectivity index (χ4v) is 3.26. The van der Waals surface area contributed by atoms with Crippen molar-refractivity contribution in [2.45, 2.75) is 32.8 Å². The number of carbonyl (C=O) groups is 1. The van der Waals surface area contributed by atoms with E-state index in [-0.39, 0.29) is 24.2 Å². The molecule has 0 aliphatic carbocycles. The standard InChI is InChI=1S/C22H19N5O4/c1-12(2)30-17-5-3-13(9-15(17)10-23)22-26-21(27-31-22)20-19-16(7-8-24-19)14(11-25-20)4-6-18(28)29/h3,5,7-9,11-12,24H,4,6H2,1-2H3,(H,28,29). The number of nitriles is 1. The molecule has 0 aliphatic rings. The molecule has 0 saturated carbocycles. The van der Waals surface area contributed by atoms with Gasteiger partial charge in [-0.05, 0) is 50.1 Å². The van der Waals surface area contributed by atoms with Gasteiger partial charge in [0.05, 0.1) is 17.2 Å². The van der Waals surface area contributed by atoms with Crippen LogP contribution in [-0.4, -0.2) is 37.3 Å². The Morgan fingerprint density at radius 2 is 2.19 bits per heavy atom. The number of aryl methyl sites for hydroxylation is 1. The first-order valence-corrected chi connectivity index (χ1v) is 9.68. The summed E-state index contributed by atoms with van der Waals surface area (Å²) in [5.41, 5.74) is 2.99. The van der Waals surface area contributed by atoms with Crippen LogP contribution >= 0.6 is 0 Å². The molecule has 0 atom stereocenters. The number of carboxylic acid groups (broad SMARTS) is 1. The fraction of sp³-hybridized carbons (Fsp3) is 0.227. The quantitative estimate of drug-likeness (QED) is 0.461. The highest BCUT2D eigenvalue weighted by molar-refractivity contribution is 5.92. The lowest BCUT2D eigenvalue weighted by Gasteiger charge is -2.11. The third-order valence-corrected chi connectivity index (χ3v) is 4.63. The lowest BCUT2D eigenvalue weighted by atomic mass is 10.1. The zero-order valence-electron chi connectivity index (χ0n) is 16.9. The van der Waals surface area contributed by atoms with E-state index >= 15 is 0 Å². The van der Waals surface area contributed by atoms with E-state index in [9.17, 15) is 10.1 Å².